The Morgan fingerprint density at radius 2 is 2.10 bits per heavy atom. The second kappa shape index (κ2) is 8.01. The Balaban J connectivity index is 1.74. The molecule has 2 rings (SSSR count). The molecule has 0 fully saturated rings. The van der Waals surface area contributed by atoms with Gasteiger partial charge in [0.05, 0.1) is 10.0 Å². The molecule has 2 aromatic rings. The minimum absolute atomic E-state index is 0.197. The quantitative estimate of drug-likeness (QED) is 0.792. The maximum Gasteiger partial charge on any atom is 0.121 e. The van der Waals surface area contributed by atoms with E-state index >= 15 is 0 Å². The highest BCUT2D eigenvalue weighted by molar-refractivity contribution is 7.10. The topological polar surface area (TPSA) is 41.5 Å². The molecule has 114 valence electrons. The predicted octanol–water partition coefficient (Wildman–Crippen LogP) is 4.15. The minimum Gasteiger partial charge on any atom is -0.491 e. The normalized spacial score (nSPS) is 13.9. The number of aliphatic hydroxyl groups excluding tert-OH is 1. The van der Waals surface area contributed by atoms with Gasteiger partial charge >= 0.3 is 0 Å². The third kappa shape index (κ3) is 5.16. The molecule has 1 heterocycles. The van der Waals surface area contributed by atoms with Crippen molar-refractivity contribution in [2.75, 3.05) is 13.2 Å². The summed E-state index contributed by atoms with van der Waals surface area (Å²) in [5.41, 5.74) is 0. The highest BCUT2D eigenvalue weighted by Crippen LogP contribution is 2.26. The number of rotatable bonds is 7. The van der Waals surface area contributed by atoms with Crippen LogP contribution < -0.4 is 10.1 Å². The van der Waals surface area contributed by atoms with Crippen molar-refractivity contribution in [3.63, 3.8) is 0 Å². The smallest absolute Gasteiger partial charge is 0.121 e. The van der Waals surface area contributed by atoms with Gasteiger partial charge in [-0.1, -0.05) is 29.3 Å². The minimum atomic E-state index is -0.595. The number of nitrogens with one attached hydrogen (secondary N) is 1. The van der Waals surface area contributed by atoms with Crippen LogP contribution in [0.5, 0.6) is 5.75 Å². The maximum absolute atomic E-state index is 9.94. The van der Waals surface area contributed by atoms with Crippen molar-refractivity contribution in [3.05, 3.63) is 50.6 Å². The summed E-state index contributed by atoms with van der Waals surface area (Å²) in [7, 11) is 0. The zero-order valence-electron chi connectivity index (χ0n) is 11.6. The van der Waals surface area contributed by atoms with E-state index in [0.29, 0.717) is 22.3 Å². The largest absolute Gasteiger partial charge is 0.491 e. The first-order chi connectivity index (χ1) is 10.1. The van der Waals surface area contributed by atoms with Crippen LogP contribution in [0.1, 0.15) is 17.8 Å². The molecule has 0 saturated heterocycles. The van der Waals surface area contributed by atoms with Crippen molar-refractivity contribution < 1.29 is 9.84 Å². The monoisotopic (exact) mass is 345 g/mol. The highest BCUT2D eigenvalue weighted by atomic mass is 35.5. The van der Waals surface area contributed by atoms with E-state index in [4.69, 9.17) is 27.9 Å². The first-order valence-corrected chi connectivity index (χ1v) is 8.22. The second-order valence-corrected chi connectivity index (χ2v) is 6.48. The number of halogens is 2. The molecule has 21 heavy (non-hydrogen) atoms. The van der Waals surface area contributed by atoms with Gasteiger partial charge in [-0.25, -0.2) is 0 Å². The summed E-state index contributed by atoms with van der Waals surface area (Å²) in [5, 5.41) is 16.2. The van der Waals surface area contributed by atoms with Crippen molar-refractivity contribution >= 4 is 34.5 Å². The number of aliphatic hydroxyl groups is 1. The molecule has 0 aliphatic heterocycles. The number of ether oxygens (including phenoxy) is 1. The lowest BCUT2D eigenvalue weighted by molar-refractivity contribution is 0.104. The average Bonchev–Trinajstić information content (AvgIpc) is 3.00. The number of thiophene rings is 1. The van der Waals surface area contributed by atoms with E-state index < -0.39 is 6.10 Å². The van der Waals surface area contributed by atoms with Gasteiger partial charge in [-0.05, 0) is 30.5 Å². The Labute approximate surface area is 138 Å². The van der Waals surface area contributed by atoms with Crippen LogP contribution in [0.4, 0.5) is 0 Å². The van der Waals surface area contributed by atoms with Gasteiger partial charge in [0.25, 0.3) is 0 Å². The molecule has 2 atom stereocenters. The van der Waals surface area contributed by atoms with E-state index in [2.05, 4.69) is 18.3 Å². The zero-order valence-corrected chi connectivity index (χ0v) is 13.9. The Morgan fingerprint density at radius 1 is 1.29 bits per heavy atom. The standard InChI is InChI=1S/C15H17Cl2NO2S/c1-10(15-3-2-6-21-15)18-8-11(19)9-20-12-4-5-13(16)14(17)7-12/h2-7,10-11,18-19H,8-9H2,1H3. The lowest BCUT2D eigenvalue weighted by Crippen LogP contribution is -2.32. The van der Waals surface area contributed by atoms with E-state index in [0.717, 1.165) is 0 Å². The van der Waals surface area contributed by atoms with Crippen molar-refractivity contribution in [2.24, 2.45) is 0 Å². The third-order valence-electron chi connectivity index (χ3n) is 2.96. The molecule has 2 N–H and O–H groups in total. The summed E-state index contributed by atoms with van der Waals surface area (Å²) in [5.74, 6) is 0.592. The molecule has 3 nitrogen and oxygen atoms in total. The van der Waals surface area contributed by atoms with Crippen LogP contribution in [0.2, 0.25) is 10.0 Å². The Morgan fingerprint density at radius 3 is 2.76 bits per heavy atom. The Hall–Kier alpha value is -0.780. The molecule has 6 heteroatoms. The van der Waals surface area contributed by atoms with Crippen LogP contribution in [0.3, 0.4) is 0 Å². The van der Waals surface area contributed by atoms with Gasteiger partial charge in [0, 0.05) is 23.5 Å². The molecule has 2 unspecified atom stereocenters. The van der Waals surface area contributed by atoms with E-state index in [-0.39, 0.29) is 12.6 Å². The molecule has 0 saturated carbocycles. The number of benzene rings is 1. The van der Waals surface area contributed by atoms with Crippen molar-refractivity contribution in [3.8, 4) is 5.75 Å². The molecule has 1 aromatic heterocycles. The van der Waals surface area contributed by atoms with Gasteiger partial charge in [0.2, 0.25) is 0 Å². The summed E-state index contributed by atoms with van der Waals surface area (Å²) >= 11 is 13.4. The first-order valence-electron chi connectivity index (χ1n) is 6.59. The van der Waals surface area contributed by atoms with Crippen molar-refractivity contribution in [1.29, 1.82) is 0 Å². The molecule has 0 amide bonds. The summed E-state index contributed by atoms with van der Waals surface area (Å²) in [6, 6.07) is 9.33. The lowest BCUT2D eigenvalue weighted by atomic mass is 10.2. The molecule has 0 aliphatic rings. The predicted molar refractivity (Wildman–Crippen MR) is 88.7 cm³/mol. The fraction of sp³-hybridized carbons (Fsp3) is 0.333. The third-order valence-corrected chi connectivity index (χ3v) is 4.76. The fourth-order valence-electron chi connectivity index (χ4n) is 1.77. The van der Waals surface area contributed by atoms with E-state index in [1.54, 1.807) is 29.5 Å². The lowest BCUT2D eigenvalue weighted by Gasteiger charge is -2.17. The number of hydrogen-bond acceptors (Lipinski definition) is 4. The van der Waals surface area contributed by atoms with Crippen molar-refractivity contribution in [1.82, 2.24) is 5.32 Å². The first kappa shape index (κ1) is 16.6. The highest BCUT2D eigenvalue weighted by Gasteiger charge is 2.10. The van der Waals surface area contributed by atoms with Crippen LogP contribution in [0.15, 0.2) is 35.7 Å². The average molecular weight is 346 g/mol. The summed E-state index contributed by atoms with van der Waals surface area (Å²) in [4.78, 5) is 1.24. The van der Waals surface area contributed by atoms with Gasteiger partial charge in [0.1, 0.15) is 18.5 Å². The molecule has 1 aromatic carbocycles. The van der Waals surface area contributed by atoms with Crippen LogP contribution in [0, 0.1) is 0 Å². The van der Waals surface area contributed by atoms with E-state index in [1.807, 2.05) is 11.4 Å². The van der Waals surface area contributed by atoms with Gasteiger partial charge in [0.15, 0.2) is 0 Å². The number of hydrogen-bond donors (Lipinski definition) is 2. The van der Waals surface area contributed by atoms with Crippen LogP contribution >= 0.6 is 34.5 Å². The molecule has 0 radical (unpaired) electrons. The summed E-state index contributed by atoms with van der Waals surface area (Å²) in [6.45, 7) is 2.72. The van der Waals surface area contributed by atoms with Crippen LogP contribution in [-0.2, 0) is 0 Å². The van der Waals surface area contributed by atoms with Gasteiger partial charge in [-0.2, -0.15) is 0 Å². The van der Waals surface area contributed by atoms with Gasteiger partial charge in [-0.3, -0.25) is 0 Å². The van der Waals surface area contributed by atoms with Gasteiger partial charge < -0.3 is 15.2 Å². The van der Waals surface area contributed by atoms with Crippen LogP contribution in [0.25, 0.3) is 0 Å². The molecular formula is C15H17Cl2NO2S. The summed E-state index contributed by atoms with van der Waals surface area (Å²) in [6.07, 6.45) is -0.595. The van der Waals surface area contributed by atoms with Crippen LogP contribution in [-0.4, -0.2) is 24.4 Å². The second-order valence-electron chi connectivity index (χ2n) is 4.69. The van der Waals surface area contributed by atoms with E-state index in [9.17, 15) is 5.11 Å². The maximum atomic E-state index is 9.94. The van der Waals surface area contributed by atoms with Gasteiger partial charge in [-0.15, -0.1) is 11.3 Å². The Kier molecular flexibility index (Phi) is 6.33. The molecule has 0 aliphatic carbocycles. The molecular weight excluding hydrogens is 329 g/mol. The molecule has 0 bridgehead atoms. The van der Waals surface area contributed by atoms with Crippen molar-refractivity contribution in [2.45, 2.75) is 19.1 Å². The fourth-order valence-corrected chi connectivity index (χ4v) is 2.82. The Bertz CT molecular complexity index is 563. The molecule has 0 spiro atoms. The SMILES string of the molecule is CC(NCC(O)COc1ccc(Cl)c(Cl)c1)c1cccs1. The van der Waals surface area contributed by atoms with E-state index in [1.165, 1.54) is 4.88 Å². The zero-order chi connectivity index (χ0) is 15.2. The summed E-state index contributed by atoms with van der Waals surface area (Å²) < 4.78 is 5.50.